The van der Waals surface area contributed by atoms with E-state index in [2.05, 4.69) is 4.98 Å². The van der Waals surface area contributed by atoms with Crippen LogP contribution in [0.3, 0.4) is 0 Å². The molecule has 2 amide bonds. The van der Waals surface area contributed by atoms with E-state index in [1.54, 1.807) is 18.3 Å². The molecule has 3 N–H and O–H groups in total. The third-order valence-corrected chi connectivity index (χ3v) is 8.97. The van der Waals surface area contributed by atoms with Crippen molar-refractivity contribution in [2.24, 2.45) is 17.8 Å². The van der Waals surface area contributed by atoms with Crippen LogP contribution >= 0.6 is 11.3 Å². The zero-order valence-electron chi connectivity index (χ0n) is 23.1. The number of thiophene rings is 1. The van der Waals surface area contributed by atoms with Crippen LogP contribution in [0, 0.1) is 17.8 Å². The first-order chi connectivity index (χ1) is 19.9. The van der Waals surface area contributed by atoms with Crippen molar-refractivity contribution in [3.05, 3.63) is 87.3 Å². The predicted molar refractivity (Wildman–Crippen MR) is 156 cm³/mol. The number of rotatable bonds is 12. The highest BCUT2D eigenvalue weighted by Gasteiger charge is 2.54. The summed E-state index contributed by atoms with van der Waals surface area (Å²) in [6, 6.07) is 12.9. The molecule has 9 heteroatoms. The Hall–Kier alpha value is -3.37. The lowest BCUT2D eigenvalue weighted by atomic mass is 9.67. The van der Waals surface area contributed by atoms with E-state index in [0.717, 1.165) is 28.1 Å². The number of fused-ring (bicyclic) bond motifs is 1. The van der Waals surface area contributed by atoms with Crippen molar-refractivity contribution in [3.63, 3.8) is 0 Å². The predicted octanol–water partition coefficient (Wildman–Crippen LogP) is 4.82. The number of nitrogens with zero attached hydrogens (tertiary/aromatic N) is 2. The first kappa shape index (κ1) is 29.1. The number of likely N-dealkylation sites (tertiary alicyclic amines) is 1. The highest BCUT2D eigenvalue weighted by atomic mass is 32.1. The summed E-state index contributed by atoms with van der Waals surface area (Å²) in [5.41, 5.74) is 3.27. The number of aliphatic hydroxyl groups is 3. The molecule has 1 aliphatic heterocycles. The summed E-state index contributed by atoms with van der Waals surface area (Å²) in [4.78, 5) is 33.8. The number of carbonyl (C=O) groups excluding carboxylic acids is 2. The fourth-order valence-electron chi connectivity index (χ4n) is 6.28. The molecule has 3 aromatic heterocycles. The van der Waals surface area contributed by atoms with Gasteiger partial charge >= 0.3 is 0 Å². The number of hydrogen-bond donors (Lipinski definition) is 3. The van der Waals surface area contributed by atoms with Crippen LogP contribution in [-0.2, 0) is 22.7 Å². The second-order valence-corrected chi connectivity index (χ2v) is 11.7. The maximum atomic E-state index is 13.6. The number of pyridine rings is 1. The zero-order valence-corrected chi connectivity index (χ0v) is 23.9. The molecule has 4 heterocycles. The van der Waals surface area contributed by atoms with Crippen LogP contribution in [0.5, 0.6) is 0 Å². The minimum absolute atomic E-state index is 0.185. The van der Waals surface area contributed by atoms with Gasteiger partial charge in [0, 0.05) is 17.0 Å². The molecule has 0 spiro atoms. The first-order valence-corrected chi connectivity index (χ1v) is 15.0. The van der Waals surface area contributed by atoms with Gasteiger partial charge in [-0.15, -0.1) is 11.3 Å². The summed E-state index contributed by atoms with van der Waals surface area (Å²) in [7, 11) is 0. The molecule has 0 saturated carbocycles. The molecule has 0 radical (unpaired) electrons. The van der Waals surface area contributed by atoms with Crippen LogP contribution < -0.4 is 0 Å². The number of carbonyl (C=O) groups is 2. The first-order valence-electron chi connectivity index (χ1n) is 14.1. The normalized spacial score (nSPS) is 22.0. The summed E-state index contributed by atoms with van der Waals surface area (Å²) in [6.07, 6.45) is 5.40. The molecule has 1 fully saturated rings. The number of furan rings is 1. The van der Waals surface area contributed by atoms with E-state index in [4.69, 9.17) is 4.42 Å². The van der Waals surface area contributed by atoms with Gasteiger partial charge in [0.15, 0.2) is 0 Å². The molecule has 2 aliphatic rings. The summed E-state index contributed by atoms with van der Waals surface area (Å²) < 4.78 is 5.68. The number of imide groups is 1. The summed E-state index contributed by atoms with van der Waals surface area (Å²) in [5.74, 6) is -1.23. The van der Waals surface area contributed by atoms with E-state index in [0.29, 0.717) is 42.8 Å². The summed E-state index contributed by atoms with van der Waals surface area (Å²) in [5, 5.41) is 33.5. The maximum Gasteiger partial charge on any atom is 0.234 e. The fourth-order valence-corrected chi connectivity index (χ4v) is 6.97. The van der Waals surface area contributed by atoms with Crippen molar-refractivity contribution in [1.82, 2.24) is 9.88 Å². The Labute approximate surface area is 243 Å². The van der Waals surface area contributed by atoms with Gasteiger partial charge in [-0.3, -0.25) is 19.5 Å². The average Bonchev–Trinajstić information content (AvgIpc) is 3.73. The highest BCUT2D eigenvalue weighted by molar-refractivity contribution is 7.09. The van der Waals surface area contributed by atoms with Gasteiger partial charge in [0.1, 0.15) is 18.1 Å². The van der Waals surface area contributed by atoms with Crippen molar-refractivity contribution in [2.75, 3.05) is 6.61 Å². The van der Waals surface area contributed by atoms with Gasteiger partial charge in [-0.1, -0.05) is 31.1 Å². The quantitative estimate of drug-likeness (QED) is 0.209. The van der Waals surface area contributed by atoms with Gasteiger partial charge < -0.3 is 19.7 Å². The maximum absolute atomic E-state index is 13.6. The van der Waals surface area contributed by atoms with Crippen molar-refractivity contribution >= 4 is 34.8 Å². The Morgan fingerprint density at radius 2 is 2.02 bits per heavy atom. The molecule has 4 atom stereocenters. The lowest BCUT2D eigenvalue weighted by Crippen LogP contribution is -2.39. The van der Waals surface area contributed by atoms with Gasteiger partial charge in [0.2, 0.25) is 11.8 Å². The number of aromatic nitrogens is 1. The fraction of sp³-hybridized carbons (Fsp3) is 0.406. The van der Waals surface area contributed by atoms with Crippen molar-refractivity contribution in [1.29, 1.82) is 0 Å². The lowest BCUT2D eigenvalue weighted by Gasteiger charge is -2.36. The summed E-state index contributed by atoms with van der Waals surface area (Å²) >= 11 is 1.50. The molecule has 0 unspecified atom stereocenters. The molecule has 0 bridgehead atoms. The smallest absolute Gasteiger partial charge is 0.234 e. The summed E-state index contributed by atoms with van der Waals surface area (Å²) in [6.45, 7) is 1.78. The van der Waals surface area contributed by atoms with Crippen LogP contribution in [0.4, 0.5) is 0 Å². The zero-order chi connectivity index (χ0) is 28.9. The third-order valence-electron chi connectivity index (χ3n) is 8.11. The highest BCUT2D eigenvalue weighted by Crippen LogP contribution is 2.47. The Morgan fingerprint density at radius 1 is 1.17 bits per heavy atom. The van der Waals surface area contributed by atoms with Gasteiger partial charge in [-0.25, -0.2) is 0 Å². The van der Waals surface area contributed by atoms with E-state index in [-0.39, 0.29) is 31.6 Å². The van der Waals surface area contributed by atoms with Crippen molar-refractivity contribution in [2.45, 2.75) is 58.3 Å². The largest absolute Gasteiger partial charge is 0.459 e. The number of allylic oxidation sites excluding steroid dienone is 2. The molecule has 216 valence electrons. The van der Waals surface area contributed by atoms with E-state index < -0.39 is 23.9 Å². The molecule has 1 aliphatic carbocycles. The van der Waals surface area contributed by atoms with Crippen LogP contribution in [0.15, 0.2) is 69.6 Å². The monoisotopic (exact) mass is 576 g/mol. The van der Waals surface area contributed by atoms with Gasteiger partial charge in [-0.05, 0) is 78.6 Å². The number of amides is 2. The Balaban J connectivity index is 1.41. The minimum Gasteiger partial charge on any atom is -0.459 e. The van der Waals surface area contributed by atoms with Crippen molar-refractivity contribution < 1.29 is 29.3 Å². The van der Waals surface area contributed by atoms with Crippen LogP contribution in [-0.4, -0.2) is 49.7 Å². The molecule has 41 heavy (non-hydrogen) atoms. The van der Waals surface area contributed by atoms with E-state index >= 15 is 0 Å². The standard InChI is InChI=1S/C32H36N2O6S/c1-2-6-21-16-25-30(32(39)34(31(25)38)17-24-7-5-14-41-24)26(19-36)29(21)28(37)12-9-20(27-8-3-4-13-33-27)15-22-10-11-23(18-35)40-22/h3-5,7-8,10-11,13-15,25-26,28,30,35-37H,2,6,9,12,16-19H2,1H3/b20-15-/t25-,26+,28-,30-/m1/s1. The molecule has 8 nitrogen and oxygen atoms in total. The van der Waals surface area contributed by atoms with Gasteiger partial charge in [0.25, 0.3) is 0 Å². The molecular weight excluding hydrogens is 540 g/mol. The van der Waals surface area contributed by atoms with E-state index in [1.807, 2.05) is 48.7 Å². The van der Waals surface area contributed by atoms with Crippen LogP contribution in [0.1, 0.15) is 61.1 Å². The van der Waals surface area contributed by atoms with Crippen LogP contribution in [0.25, 0.3) is 11.6 Å². The van der Waals surface area contributed by atoms with Gasteiger partial charge in [-0.2, -0.15) is 0 Å². The van der Waals surface area contributed by atoms with Crippen LogP contribution in [0.2, 0.25) is 0 Å². The third kappa shape index (κ3) is 6.13. The number of aliphatic hydroxyl groups excluding tert-OH is 3. The second-order valence-electron chi connectivity index (χ2n) is 10.7. The minimum atomic E-state index is -0.902. The van der Waals surface area contributed by atoms with E-state index in [9.17, 15) is 24.9 Å². The topological polar surface area (TPSA) is 124 Å². The second kappa shape index (κ2) is 13.1. The Bertz CT molecular complexity index is 1410. The Kier molecular flexibility index (Phi) is 9.29. The van der Waals surface area contributed by atoms with E-state index in [1.165, 1.54) is 16.2 Å². The lowest BCUT2D eigenvalue weighted by molar-refractivity contribution is -0.140. The molecular formula is C32H36N2O6S. The molecule has 1 saturated heterocycles. The van der Waals surface area contributed by atoms with Crippen molar-refractivity contribution in [3.8, 4) is 0 Å². The molecule has 0 aromatic carbocycles. The Morgan fingerprint density at radius 3 is 2.68 bits per heavy atom. The molecule has 5 rings (SSSR count). The average molecular weight is 577 g/mol. The molecule has 3 aromatic rings. The number of hydrogen-bond acceptors (Lipinski definition) is 8. The SMILES string of the molecule is CCCC1=C([C@H](O)CC/C(=C/c2ccc(CO)o2)c2ccccn2)[C@H](CO)[C@@H]2C(=O)N(Cc3cccs3)C(=O)[C@@H]2C1. The van der Waals surface area contributed by atoms with Gasteiger partial charge in [0.05, 0.1) is 36.8 Å².